The molecule has 2 aromatic carbocycles. The van der Waals surface area contributed by atoms with Gasteiger partial charge in [-0.2, -0.15) is 0 Å². The maximum Gasteiger partial charge on any atom is 0.308 e. The summed E-state index contributed by atoms with van der Waals surface area (Å²) in [6, 6.07) is 11.1. The molecule has 0 spiro atoms. The Labute approximate surface area is 161 Å². The second-order valence-electron chi connectivity index (χ2n) is 6.36. The molecule has 0 unspecified atom stereocenters. The van der Waals surface area contributed by atoms with Crippen LogP contribution in [0, 0.1) is 11.7 Å². The van der Waals surface area contributed by atoms with Crippen molar-refractivity contribution in [2.24, 2.45) is 5.92 Å². The van der Waals surface area contributed by atoms with Gasteiger partial charge in [-0.1, -0.05) is 29.8 Å². The first-order chi connectivity index (χ1) is 12.9. The summed E-state index contributed by atoms with van der Waals surface area (Å²) in [5.74, 6) is -3.26. The van der Waals surface area contributed by atoms with Gasteiger partial charge in [0, 0.05) is 24.0 Å². The van der Waals surface area contributed by atoms with Gasteiger partial charge in [0.2, 0.25) is 0 Å². The van der Waals surface area contributed by atoms with E-state index in [9.17, 15) is 19.1 Å². The van der Waals surface area contributed by atoms with Gasteiger partial charge in [-0.25, -0.2) is 4.39 Å². The van der Waals surface area contributed by atoms with Gasteiger partial charge in [0.1, 0.15) is 0 Å². The molecule has 0 bridgehead atoms. The number of amides is 1. The Bertz CT molecular complexity index is 856. The third-order valence-corrected chi connectivity index (χ3v) is 4.96. The largest absolute Gasteiger partial charge is 0.490 e. The number of ether oxygens (including phenoxy) is 1. The van der Waals surface area contributed by atoms with Crippen LogP contribution in [0.3, 0.4) is 0 Å². The van der Waals surface area contributed by atoms with E-state index in [0.717, 1.165) is 5.56 Å². The molecule has 142 valence electrons. The minimum atomic E-state index is -0.977. The predicted octanol–water partition coefficient (Wildman–Crippen LogP) is 3.82. The lowest BCUT2D eigenvalue weighted by Gasteiger charge is -2.19. The minimum absolute atomic E-state index is 0.0452. The van der Waals surface area contributed by atoms with Gasteiger partial charge in [0.25, 0.3) is 5.91 Å². The van der Waals surface area contributed by atoms with E-state index in [1.165, 1.54) is 23.1 Å². The standard InChI is InChI=1S/C20H19ClFNO4/c1-2-27-18-14(4-3-5-17(18)22)19(24)23-10-15(16(11-23)20(25)26)12-6-8-13(21)9-7-12/h3-9,15-16H,2,10-11H2,1H3,(H,25,26)/t15-,16+/m0/s1. The Hall–Kier alpha value is -2.60. The lowest BCUT2D eigenvalue weighted by molar-refractivity contribution is -0.141. The van der Waals surface area contributed by atoms with E-state index in [1.54, 1.807) is 31.2 Å². The van der Waals surface area contributed by atoms with Crippen molar-refractivity contribution in [3.05, 3.63) is 64.4 Å². The fourth-order valence-corrected chi connectivity index (χ4v) is 3.53. The Morgan fingerprint density at radius 2 is 1.93 bits per heavy atom. The van der Waals surface area contributed by atoms with Crippen LogP contribution in [0.1, 0.15) is 28.8 Å². The predicted molar refractivity (Wildman–Crippen MR) is 98.8 cm³/mol. The maximum absolute atomic E-state index is 14.1. The van der Waals surface area contributed by atoms with Crippen molar-refractivity contribution < 1.29 is 23.8 Å². The second-order valence-corrected chi connectivity index (χ2v) is 6.80. The molecule has 1 heterocycles. The lowest BCUT2D eigenvalue weighted by Crippen LogP contribution is -2.30. The number of carboxylic acids is 1. The molecule has 1 aliphatic heterocycles. The molecule has 1 fully saturated rings. The van der Waals surface area contributed by atoms with Crippen molar-refractivity contribution in [2.75, 3.05) is 19.7 Å². The van der Waals surface area contributed by atoms with Crippen LogP contribution in [0.25, 0.3) is 0 Å². The van der Waals surface area contributed by atoms with E-state index < -0.39 is 23.6 Å². The van der Waals surface area contributed by atoms with Crippen LogP contribution in [0.2, 0.25) is 5.02 Å². The van der Waals surface area contributed by atoms with Crippen LogP contribution in [-0.2, 0) is 4.79 Å². The smallest absolute Gasteiger partial charge is 0.308 e. The number of para-hydroxylation sites is 1. The molecular formula is C20H19ClFNO4. The van der Waals surface area contributed by atoms with Crippen molar-refractivity contribution in [3.63, 3.8) is 0 Å². The fourth-order valence-electron chi connectivity index (χ4n) is 3.41. The zero-order chi connectivity index (χ0) is 19.6. The van der Waals surface area contributed by atoms with Gasteiger partial charge in [0.15, 0.2) is 11.6 Å². The summed E-state index contributed by atoms with van der Waals surface area (Å²) < 4.78 is 19.4. The van der Waals surface area contributed by atoms with Gasteiger partial charge in [-0.3, -0.25) is 9.59 Å². The Morgan fingerprint density at radius 3 is 2.56 bits per heavy atom. The molecule has 2 aromatic rings. The topological polar surface area (TPSA) is 66.8 Å². The quantitative estimate of drug-likeness (QED) is 0.841. The average Bonchev–Trinajstić information content (AvgIpc) is 3.09. The minimum Gasteiger partial charge on any atom is -0.490 e. The Balaban J connectivity index is 1.90. The van der Waals surface area contributed by atoms with E-state index in [-0.39, 0.29) is 36.9 Å². The zero-order valence-corrected chi connectivity index (χ0v) is 15.4. The van der Waals surface area contributed by atoms with Crippen LogP contribution in [0.4, 0.5) is 4.39 Å². The molecule has 5 nitrogen and oxygen atoms in total. The molecule has 1 amide bonds. The van der Waals surface area contributed by atoms with Gasteiger partial charge >= 0.3 is 5.97 Å². The number of aliphatic carboxylic acids is 1. The van der Waals surface area contributed by atoms with E-state index in [4.69, 9.17) is 16.3 Å². The fraction of sp³-hybridized carbons (Fsp3) is 0.300. The molecule has 1 N–H and O–H groups in total. The summed E-state index contributed by atoms with van der Waals surface area (Å²) in [5, 5.41) is 10.2. The number of hydrogen-bond acceptors (Lipinski definition) is 3. The summed E-state index contributed by atoms with van der Waals surface area (Å²) in [6.45, 7) is 2.18. The molecule has 0 aromatic heterocycles. The first-order valence-electron chi connectivity index (χ1n) is 8.61. The highest BCUT2D eigenvalue weighted by Crippen LogP contribution is 2.35. The molecular weight excluding hydrogens is 373 g/mol. The highest BCUT2D eigenvalue weighted by molar-refractivity contribution is 6.30. The Morgan fingerprint density at radius 1 is 1.22 bits per heavy atom. The summed E-state index contributed by atoms with van der Waals surface area (Å²) in [5.41, 5.74) is 0.893. The number of hydrogen-bond donors (Lipinski definition) is 1. The Kier molecular flexibility index (Phi) is 5.65. The molecule has 27 heavy (non-hydrogen) atoms. The first-order valence-corrected chi connectivity index (χ1v) is 8.99. The van der Waals surface area contributed by atoms with Crippen molar-refractivity contribution in [2.45, 2.75) is 12.8 Å². The van der Waals surface area contributed by atoms with Gasteiger partial charge in [-0.05, 0) is 36.8 Å². The number of carboxylic acid groups (broad SMARTS) is 1. The molecule has 1 aliphatic rings. The number of halogens is 2. The number of carbonyl (C=O) groups is 2. The lowest BCUT2D eigenvalue weighted by atomic mass is 9.89. The van der Waals surface area contributed by atoms with E-state index in [1.807, 2.05) is 0 Å². The molecule has 3 rings (SSSR count). The third kappa shape index (κ3) is 3.90. The molecule has 1 saturated heterocycles. The first kappa shape index (κ1) is 19.2. The van der Waals surface area contributed by atoms with Crippen molar-refractivity contribution >= 4 is 23.5 Å². The van der Waals surface area contributed by atoms with E-state index in [0.29, 0.717) is 5.02 Å². The summed E-state index contributed by atoms with van der Waals surface area (Å²) in [4.78, 5) is 26.1. The SMILES string of the molecule is CCOc1c(F)cccc1C(=O)N1C[C@@H](C(=O)O)[C@H](c2ccc(Cl)cc2)C1. The number of carbonyl (C=O) groups excluding carboxylic acids is 1. The molecule has 7 heteroatoms. The van der Waals surface area contributed by atoms with E-state index in [2.05, 4.69) is 0 Å². The van der Waals surface area contributed by atoms with Gasteiger partial charge in [0.05, 0.1) is 18.1 Å². The normalized spacial score (nSPS) is 19.1. The summed E-state index contributed by atoms with van der Waals surface area (Å²) in [6.07, 6.45) is 0. The highest BCUT2D eigenvalue weighted by atomic mass is 35.5. The average molecular weight is 392 g/mol. The van der Waals surface area contributed by atoms with Crippen LogP contribution >= 0.6 is 11.6 Å². The molecule has 0 radical (unpaired) electrons. The molecule has 2 atom stereocenters. The number of benzene rings is 2. The third-order valence-electron chi connectivity index (χ3n) is 4.71. The molecule has 0 saturated carbocycles. The van der Waals surface area contributed by atoms with Crippen LogP contribution in [0.15, 0.2) is 42.5 Å². The number of rotatable bonds is 5. The van der Waals surface area contributed by atoms with Gasteiger partial charge in [-0.15, -0.1) is 0 Å². The molecule has 0 aliphatic carbocycles. The van der Waals surface area contributed by atoms with Crippen LogP contribution in [-0.4, -0.2) is 41.6 Å². The van der Waals surface area contributed by atoms with Gasteiger partial charge < -0.3 is 14.7 Å². The zero-order valence-electron chi connectivity index (χ0n) is 14.7. The van der Waals surface area contributed by atoms with Crippen LogP contribution in [0.5, 0.6) is 5.75 Å². The highest BCUT2D eigenvalue weighted by Gasteiger charge is 2.41. The second kappa shape index (κ2) is 7.96. The number of likely N-dealkylation sites (tertiary alicyclic amines) is 1. The van der Waals surface area contributed by atoms with E-state index >= 15 is 0 Å². The van der Waals surface area contributed by atoms with Crippen molar-refractivity contribution in [1.29, 1.82) is 0 Å². The number of nitrogens with zero attached hydrogens (tertiary/aromatic N) is 1. The maximum atomic E-state index is 14.1. The summed E-state index contributed by atoms with van der Waals surface area (Å²) in [7, 11) is 0. The van der Waals surface area contributed by atoms with Crippen molar-refractivity contribution in [1.82, 2.24) is 4.90 Å². The van der Waals surface area contributed by atoms with Crippen LogP contribution < -0.4 is 4.74 Å². The monoisotopic (exact) mass is 391 g/mol. The van der Waals surface area contributed by atoms with Crippen molar-refractivity contribution in [3.8, 4) is 5.75 Å². The summed E-state index contributed by atoms with van der Waals surface area (Å²) >= 11 is 5.91.